The Morgan fingerprint density at radius 3 is 2.05 bits per heavy atom. The molecule has 0 spiro atoms. The highest BCUT2D eigenvalue weighted by Gasteiger charge is 2.56. The average molecular weight is 832 g/mol. The number of hydrogen-bond acceptors (Lipinski definition) is 11. The largest absolute Gasteiger partial charge is 0.438 e. The Kier molecular flexibility index (Phi) is 14.6. The molecule has 0 saturated carbocycles. The van der Waals surface area contributed by atoms with Crippen LogP contribution in [0, 0.1) is 16.7 Å². The van der Waals surface area contributed by atoms with Crippen LogP contribution in [0.15, 0.2) is 48.5 Å². The monoisotopic (exact) mass is 831 g/mol. The van der Waals surface area contributed by atoms with Gasteiger partial charge in [0.15, 0.2) is 5.78 Å². The van der Waals surface area contributed by atoms with Gasteiger partial charge in [-0.25, -0.2) is 0 Å². The van der Waals surface area contributed by atoms with Gasteiger partial charge in [0.2, 0.25) is 31.3 Å². The lowest BCUT2D eigenvalue weighted by molar-refractivity contribution is -0.163. The van der Waals surface area contributed by atoms with E-state index in [0.29, 0.717) is 36.9 Å². The summed E-state index contributed by atoms with van der Waals surface area (Å²) >= 11 is 0. The summed E-state index contributed by atoms with van der Waals surface area (Å²) in [5, 5.41) is 2.88. The molecule has 2 aromatic rings. The van der Waals surface area contributed by atoms with E-state index in [0.717, 1.165) is 23.3 Å². The molecule has 2 heterocycles. The maximum Gasteiger partial charge on any atom is 0.410 e. The predicted octanol–water partition coefficient (Wildman–Crippen LogP) is 6.32. The van der Waals surface area contributed by atoms with Crippen LogP contribution in [0.5, 0.6) is 0 Å². The number of nitrogens with one attached hydrogen (secondary N) is 1. The minimum Gasteiger partial charge on any atom is -0.438 e. The zero-order chi connectivity index (χ0) is 43.2. The van der Waals surface area contributed by atoms with Crippen molar-refractivity contribution in [1.82, 2.24) is 5.32 Å². The van der Waals surface area contributed by atoms with Gasteiger partial charge in [-0.1, -0.05) is 48.5 Å². The van der Waals surface area contributed by atoms with E-state index in [1.165, 1.54) is 70.7 Å². The van der Waals surface area contributed by atoms with Crippen LogP contribution in [-0.2, 0) is 70.4 Å². The number of ether oxygens (including phenoxy) is 2. The third-order valence-corrected chi connectivity index (χ3v) is 11.4. The van der Waals surface area contributed by atoms with E-state index in [4.69, 9.17) is 24.3 Å². The topological polar surface area (TPSA) is 198 Å². The summed E-state index contributed by atoms with van der Waals surface area (Å²) < 4.78 is 65.0. The molecule has 0 radical (unpaired) electrons. The highest BCUT2D eigenvalue weighted by Crippen LogP contribution is 2.67. The number of nitrogens with zero attached hydrogens (tertiary/aromatic N) is 1. The minimum atomic E-state index is -5.53. The van der Waals surface area contributed by atoms with Crippen molar-refractivity contribution >= 4 is 54.8 Å². The van der Waals surface area contributed by atoms with Crippen LogP contribution in [0.3, 0.4) is 0 Å². The van der Waals surface area contributed by atoms with Crippen molar-refractivity contribution in [2.75, 3.05) is 18.5 Å². The fraction of sp³-hybridized carbons (Fsp3) is 0.512. The van der Waals surface area contributed by atoms with E-state index in [-0.39, 0.29) is 30.7 Å². The first kappa shape index (κ1) is 45.9. The van der Waals surface area contributed by atoms with Crippen molar-refractivity contribution in [1.29, 1.82) is 0 Å². The van der Waals surface area contributed by atoms with Crippen LogP contribution in [-0.4, -0.2) is 61.1 Å². The molecule has 4 rings (SSSR count). The van der Waals surface area contributed by atoms with Crippen molar-refractivity contribution in [3.63, 3.8) is 0 Å². The number of rotatable bonds is 17. The molecule has 0 aliphatic carbocycles. The first-order valence-electron chi connectivity index (χ1n) is 18.9. The standard InChI is InChI=1S/C41H52F2N3O11P/c1-25(11-20-33(44)48)45-35(49)32-22-28-10-8-9-27-15-16-29(36(50)46(32)34(27)28)21-31(47)19-14-26-12-17-30(18-13-26)41(42,43)58(53,56-23-54-37(51)39(2,3)4)57-24-55-38(52)40(5,6)7/h8-10,12-14,17-19,25,29,32H,11,15-16,20-24H2,1-7H3,(H2,44,48)(H,45,49)/b19-14+/t25-,29-,32+/m1/s1. The lowest BCUT2D eigenvalue weighted by Gasteiger charge is -2.28. The first-order valence-corrected chi connectivity index (χ1v) is 20.4. The number of hydrogen-bond donors (Lipinski definition) is 2. The third kappa shape index (κ3) is 11.2. The molecule has 0 bridgehead atoms. The lowest BCUT2D eigenvalue weighted by Crippen LogP contribution is -2.51. The number of primary amides is 1. The van der Waals surface area contributed by atoms with Crippen molar-refractivity contribution < 1.29 is 60.6 Å². The Morgan fingerprint density at radius 1 is 0.931 bits per heavy atom. The van der Waals surface area contributed by atoms with Gasteiger partial charge in [0, 0.05) is 36.8 Å². The van der Waals surface area contributed by atoms with E-state index < -0.39 is 78.8 Å². The predicted molar refractivity (Wildman–Crippen MR) is 209 cm³/mol. The first-order chi connectivity index (χ1) is 26.9. The molecule has 0 saturated heterocycles. The molecule has 3 atom stereocenters. The van der Waals surface area contributed by atoms with Gasteiger partial charge in [0.25, 0.3) is 0 Å². The molecular weight excluding hydrogens is 779 g/mol. The van der Waals surface area contributed by atoms with E-state index in [1.807, 2.05) is 18.2 Å². The second-order valence-electron chi connectivity index (χ2n) is 16.5. The molecule has 3 N–H and O–H groups in total. The van der Waals surface area contributed by atoms with Crippen molar-refractivity contribution in [2.45, 2.75) is 105 Å². The fourth-order valence-corrected chi connectivity index (χ4v) is 7.49. The minimum absolute atomic E-state index is 0.0925. The van der Waals surface area contributed by atoms with Gasteiger partial charge in [-0.3, -0.25) is 47.3 Å². The normalized spacial score (nSPS) is 17.7. The van der Waals surface area contributed by atoms with Gasteiger partial charge in [-0.05, 0) is 90.5 Å². The number of aryl methyl sites for hydroxylation is 1. The molecule has 2 aliphatic rings. The Labute approximate surface area is 336 Å². The number of allylic oxidation sites excluding steroid dienone is 1. The molecule has 2 aliphatic heterocycles. The van der Waals surface area contributed by atoms with Crippen molar-refractivity contribution in [3.8, 4) is 0 Å². The summed E-state index contributed by atoms with van der Waals surface area (Å²) in [7, 11) is -5.53. The lowest BCUT2D eigenvalue weighted by atomic mass is 9.93. The van der Waals surface area contributed by atoms with Gasteiger partial charge < -0.3 is 20.5 Å². The zero-order valence-corrected chi connectivity index (χ0v) is 34.7. The molecule has 0 unspecified atom stereocenters. The number of esters is 2. The third-order valence-electron chi connectivity index (χ3n) is 9.59. The number of carbonyl (C=O) groups excluding carboxylic acids is 6. The second kappa shape index (κ2) is 18.4. The van der Waals surface area contributed by atoms with Crippen LogP contribution in [0.4, 0.5) is 14.5 Å². The molecule has 14 nitrogen and oxygen atoms in total. The van der Waals surface area contributed by atoms with Gasteiger partial charge in [-0.2, -0.15) is 8.78 Å². The van der Waals surface area contributed by atoms with Crippen molar-refractivity contribution in [2.24, 2.45) is 22.5 Å². The summed E-state index contributed by atoms with van der Waals surface area (Å²) in [5.74, 6) is -4.03. The number of benzene rings is 2. The number of carbonyl (C=O) groups is 6. The average Bonchev–Trinajstić information content (AvgIpc) is 3.48. The number of amides is 3. The number of anilines is 1. The zero-order valence-electron chi connectivity index (χ0n) is 33.8. The van der Waals surface area contributed by atoms with Gasteiger partial charge >= 0.3 is 25.2 Å². The molecule has 0 aromatic heterocycles. The number of nitrogens with two attached hydrogens (primary N) is 1. The maximum atomic E-state index is 15.9. The van der Waals surface area contributed by atoms with Crippen LogP contribution in [0.2, 0.25) is 0 Å². The highest BCUT2D eigenvalue weighted by atomic mass is 31.2. The second-order valence-corrected chi connectivity index (χ2v) is 18.6. The van der Waals surface area contributed by atoms with E-state index in [9.17, 15) is 33.3 Å². The molecule has 58 heavy (non-hydrogen) atoms. The van der Waals surface area contributed by atoms with Gasteiger partial charge in [0.05, 0.1) is 16.5 Å². The highest BCUT2D eigenvalue weighted by molar-refractivity contribution is 7.54. The molecule has 2 aromatic carbocycles. The maximum absolute atomic E-state index is 15.9. The van der Waals surface area contributed by atoms with E-state index in [1.54, 1.807) is 6.92 Å². The van der Waals surface area contributed by atoms with Crippen LogP contribution in [0.1, 0.15) is 96.4 Å². The number of alkyl halides is 2. The number of para-hydroxylation sites is 1. The summed E-state index contributed by atoms with van der Waals surface area (Å²) in [6.45, 7) is 8.58. The van der Waals surface area contributed by atoms with Crippen LogP contribution < -0.4 is 16.0 Å². The van der Waals surface area contributed by atoms with Crippen LogP contribution >= 0.6 is 7.60 Å². The molecular formula is C41H52F2N3O11P. The number of ketones is 1. The molecule has 17 heteroatoms. The van der Waals surface area contributed by atoms with E-state index >= 15 is 8.78 Å². The Morgan fingerprint density at radius 2 is 1.50 bits per heavy atom. The SMILES string of the molecule is C[C@H](CCC(N)=O)NC(=O)[C@@H]1Cc2cccc3c2N1C(=O)[C@@H](CC(=O)/C=C/c1ccc(C(F)(F)P(=O)(OCOC(=O)C(C)(C)C)OCOC(=O)C(C)(C)C)cc1)CC3. The van der Waals surface area contributed by atoms with Gasteiger partial charge in [0.1, 0.15) is 6.04 Å². The fourth-order valence-electron chi connectivity index (χ4n) is 6.24. The summed E-state index contributed by atoms with van der Waals surface area (Å²) in [6, 6.07) is 8.80. The summed E-state index contributed by atoms with van der Waals surface area (Å²) in [4.78, 5) is 77.9. The molecule has 316 valence electrons. The van der Waals surface area contributed by atoms with Crippen molar-refractivity contribution in [3.05, 3.63) is 70.8 Å². The molecule has 3 amide bonds. The summed E-state index contributed by atoms with van der Waals surface area (Å²) in [6.07, 6.45) is 4.01. The van der Waals surface area contributed by atoms with Gasteiger partial charge in [-0.15, -0.1) is 0 Å². The Balaban J connectivity index is 1.46. The number of halogens is 2. The smallest absolute Gasteiger partial charge is 0.410 e. The van der Waals surface area contributed by atoms with E-state index in [2.05, 4.69) is 5.32 Å². The Bertz CT molecular complexity index is 1940. The van der Waals surface area contributed by atoms with Crippen LogP contribution in [0.25, 0.3) is 6.08 Å². The molecule has 0 fully saturated rings. The Hall–Kier alpha value is -4.79. The summed E-state index contributed by atoms with van der Waals surface area (Å²) in [5.41, 5.74) is 0.814. The quantitative estimate of drug-likeness (QED) is 0.0783.